The molecule has 3 aromatic rings. The molecule has 0 aliphatic carbocycles. The fourth-order valence-electron chi connectivity index (χ4n) is 2.03. The van der Waals surface area contributed by atoms with E-state index in [0.29, 0.717) is 17.6 Å². The van der Waals surface area contributed by atoms with Crippen molar-refractivity contribution >= 4 is 29.0 Å². The molecule has 120 valence electrons. The summed E-state index contributed by atoms with van der Waals surface area (Å²) in [6, 6.07) is 15.0. The topological polar surface area (TPSA) is 101 Å². The zero-order valence-electron chi connectivity index (χ0n) is 13.1. The molecule has 3 rings (SSSR count). The van der Waals surface area contributed by atoms with Gasteiger partial charge in [0.15, 0.2) is 5.82 Å². The maximum Gasteiger partial charge on any atom is 0.231 e. The van der Waals surface area contributed by atoms with Gasteiger partial charge in [0.2, 0.25) is 5.95 Å². The number of rotatable bonds is 5. The predicted molar refractivity (Wildman–Crippen MR) is 96.2 cm³/mol. The second-order valence-electron chi connectivity index (χ2n) is 5.04. The first-order valence-electron chi connectivity index (χ1n) is 7.38. The van der Waals surface area contributed by atoms with Crippen LogP contribution in [0.25, 0.3) is 0 Å². The Labute approximate surface area is 139 Å². The molecule has 0 saturated carbocycles. The Morgan fingerprint density at radius 1 is 1.04 bits per heavy atom. The van der Waals surface area contributed by atoms with Gasteiger partial charge >= 0.3 is 0 Å². The smallest absolute Gasteiger partial charge is 0.231 e. The van der Waals surface area contributed by atoms with Crippen LogP contribution in [-0.4, -0.2) is 20.7 Å². The molecule has 0 spiro atoms. The number of hydrogen-bond donors (Lipinski definition) is 3. The van der Waals surface area contributed by atoms with Crippen LogP contribution in [0, 0.1) is 0 Å². The van der Waals surface area contributed by atoms with E-state index >= 15 is 0 Å². The predicted octanol–water partition coefficient (Wildman–Crippen LogP) is 3.03. The van der Waals surface area contributed by atoms with Crippen molar-refractivity contribution in [1.29, 1.82) is 0 Å². The standard InChI is InChI=1S/C17H17N7/c1-12(13-7-9-19-10-8-13)23-24-16-11-15(18)21-17(22-16)20-14-5-3-2-4-6-14/h2-11H,1H3,(H4,18,20,21,22,24). The molecule has 24 heavy (non-hydrogen) atoms. The summed E-state index contributed by atoms with van der Waals surface area (Å²) in [5.41, 5.74) is 11.4. The number of nitrogen functional groups attached to an aromatic ring is 1. The van der Waals surface area contributed by atoms with Gasteiger partial charge in [-0.15, -0.1) is 0 Å². The number of benzene rings is 1. The van der Waals surface area contributed by atoms with Crippen molar-refractivity contribution in [2.24, 2.45) is 5.10 Å². The molecule has 0 fully saturated rings. The molecule has 7 heteroatoms. The van der Waals surface area contributed by atoms with Gasteiger partial charge in [0.25, 0.3) is 0 Å². The molecule has 0 amide bonds. The number of para-hydroxylation sites is 1. The number of pyridine rings is 1. The molecule has 1 aromatic carbocycles. The SMILES string of the molecule is CC(=NNc1cc(N)nc(Nc2ccccc2)n1)c1ccncc1. The van der Waals surface area contributed by atoms with E-state index in [-0.39, 0.29) is 0 Å². The van der Waals surface area contributed by atoms with Crippen molar-refractivity contribution in [3.05, 3.63) is 66.5 Å². The number of nitrogens with one attached hydrogen (secondary N) is 2. The third-order valence-electron chi connectivity index (χ3n) is 3.21. The Morgan fingerprint density at radius 3 is 2.54 bits per heavy atom. The molecule has 2 aromatic heterocycles. The largest absolute Gasteiger partial charge is 0.383 e. The van der Waals surface area contributed by atoms with E-state index in [0.717, 1.165) is 17.0 Å². The van der Waals surface area contributed by atoms with Crippen molar-refractivity contribution < 1.29 is 0 Å². The Bertz CT molecular complexity index is 832. The van der Waals surface area contributed by atoms with Crippen LogP contribution in [0.15, 0.2) is 66.0 Å². The minimum atomic E-state index is 0.350. The van der Waals surface area contributed by atoms with E-state index in [4.69, 9.17) is 5.73 Å². The van der Waals surface area contributed by atoms with Gasteiger partial charge in [-0.3, -0.25) is 10.4 Å². The van der Waals surface area contributed by atoms with Crippen LogP contribution in [0.1, 0.15) is 12.5 Å². The van der Waals surface area contributed by atoms with Crippen LogP contribution in [0.3, 0.4) is 0 Å². The highest BCUT2D eigenvalue weighted by Gasteiger charge is 2.03. The second kappa shape index (κ2) is 7.19. The van der Waals surface area contributed by atoms with Gasteiger partial charge in [-0.25, -0.2) is 0 Å². The molecule has 2 heterocycles. The average molecular weight is 319 g/mol. The highest BCUT2D eigenvalue weighted by molar-refractivity contribution is 5.98. The van der Waals surface area contributed by atoms with Gasteiger partial charge < -0.3 is 11.1 Å². The lowest BCUT2D eigenvalue weighted by Crippen LogP contribution is -2.05. The average Bonchev–Trinajstić information content (AvgIpc) is 2.61. The monoisotopic (exact) mass is 319 g/mol. The highest BCUT2D eigenvalue weighted by atomic mass is 15.3. The molecule has 0 saturated heterocycles. The maximum atomic E-state index is 5.84. The van der Waals surface area contributed by atoms with E-state index in [1.807, 2.05) is 49.4 Å². The molecule has 0 aliphatic rings. The molecule has 0 radical (unpaired) electrons. The number of hydrogen-bond acceptors (Lipinski definition) is 7. The molecule has 7 nitrogen and oxygen atoms in total. The lowest BCUT2D eigenvalue weighted by Gasteiger charge is -2.08. The zero-order valence-corrected chi connectivity index (χ0v) is 13.1. The lowest BCUT2D eigenvalue weighted by molar-refractivity contribution is 1.14. The van der Waals surface area contributed by atoms with Crippen LogP contribution in [0.5, 0.6) is 0 Å². The Balaban J connectivity index is 1.76. The van der Waals surface area contributed by atoms with E-state index in [1.165, 1.54) is 0 Å². The third-order valence-corrected chi connectivity index (χ3v) is 3.21. The van der Waals surface area contributed by atoms with E-state index in [9.17, 15) is 0 Å². The molecular formula is C17H17N7. The summed E-state index contributed by atoms with van der Waals surface area (Å²) in [5, 5.41) is 7.42. The summed E-state index contributed by atoms with van der Waals surface area (Å²) < 4.78 is 0. The number of anilines is 4. The van der Waals surface area contributed by atoms with Crippen molar-refractivity contribution in [1.82, 2.24) is 15.0 Å². The molecule has 0 bridgehead atoms. The zero-order chi connectivity index (χ0) is 16.8. The summed E-state index contributed by atoms with van der Waals surface area (Å²) in [6.07, 6.45) is 3.44. The Hall–Kier alpha value is -3.48. The molecule has 4 N–H and O–H groups in total. The van der Waals surface area contributed by atoms with E-state index < -0.39 is 0 Å². The van der Waals surface area contributed by atoms with Crippen LogP contribution in [0.2, 0.25) is 0 Å². The van der Waals surface area contributed by atoms with Gasteiger partial charge in [-0.05, 0) is 31.2 Å². The third kappa shape index (κ3) is 4.04. The summed E-state index contributed by atoms with van der Waals surface area (Å²) in [4.78, 5) is 12.5. The van der Waals surface area contributed by atoms with Crippen molar-refractivity contribution in [2.75, 3.05) is 16.5 Å². The van der Waals surface area contributed by atoms with Crippen LogP contribution in [0.4, 0.5) is 23.3 Å². The minimum absolute atomic E-state index is 0.350. The first-order chi connectivity index (χ1) is 11.7. The van der Waals surface area contributed by atoms with E-state index in [2.05, 4.69) is 30.8 Å². The van der Waals surface area contributed by atoms with Gasteiger partial charge in [0, 0.05) is 29.7 Å². The van der Waals surface area contributed by atoms with Crippen molar-refractivity contribution in [3.8, 4) is 0 Å². The molecule has 0 atom stereocenters. The first kappa shape index (κ1) is 15.4. The van der Waals surface area contributed by atoms with Crippen LogP contribution >= 0.6 is 0 Å². The maximum absolute atomic E-state index is 5.84. The highest BCUT2D eigenvalue weighted by Crippen LogP contribution is 2.16. The normalized spacial score (nSPS) is 11.1. The number of aromatic nitrogens is 3. The molecule has 0 unspecified atom stereocenters. The van der Waals surface area contributed by atoms with Crippen molar-refractivity contribution in [2.45, 2.75) is 6.92 Å². The summed E-state index contributed by atoms with van der Waals surface area (Å²) in [6.45, 7) is 1.90. The van der Waals surface area contributed by atoms with Crippen LogP contribution < -0.4 is 16.5 Å². The van der Waals surface area contributed by atoms with Crippen LogP contribution in [-0.2, 0) is 0 Å². The number of nitrogens with two attached hydrogens (primary N) is 1. The molecule has 0 aliphatic heterocycles. The quantitative estimate of drug-likeness (QED) is 0.493. The molecular weight excluding hydrogens is 302 g/mol. The Kier molecular flexibility index (Phi) is 4.62. The second-order valence-corrected chi connectivity index (χ2v) is 5.04. The van der Waals surface area contributed by atoms with Gasteiger partial charge in [-0.1, -0.05) is 18.2 Å². The minimum Gasteiger partial charge on any atom is -0.383 e. The lowest BCUT2D eigenvalue weighted by atomic mass is 10.2. The fraction of sp³-hybridized carbons (Fsp3) is 0.0588. The number of nitrogens with zero attached hydrogens (tertiary/aromatic N) is 4. The number of hydrazone groups is 1. The van der Waals surface area contributed by atoms with Gasteiger partial charge in [0.05, 0.1) is 5.71 Å². The van der Waals surface area contributed by atoms with Gasteiger partial charge in [0.1, 0.15) is 5.82 Å². The fourth-order valence-corrected chi connectivity index (χ4v) is 2.03. The summed E-state index contributed by atoms with van der Waals surface area (Å²) >= 11 is 0. The summed E-state index contributed by atoms with van der Waals surface area (Å²) in [5.74, 6) is 1.26. The Morgan fingerprint density at radius 2 is 1.79 bits per heavy atom. The summed E-state index contributed by atoms with van der Waals surface area (Å²) in [7, 11) is 0. The van der Waals surface area contributed by atoms with Crippen molar-refractivity contribution in [3.63, 3.8) is 0 Å². The van der Waals surface area contributed by atoms with E-state index in [1.54, 1.807) is 18.5 Å². The first-order valence-corrected chi connectivity index (χ1v) is 7.38. The van der Waals surface area contributed by atoms with Gasteiger partial charge in [-0.2, -0.15) is 15.1 Å².